The van der Waals surface area contributed by atoms with Crippen LogP contribution >= 0.6 is 0 Å². The molecule has 9 heteroatoms. The van der Waals surface area contributed by atoms with E-state index in [4.69, 9.17) is 8.42 Å². The van der Waals surface area contributed by atoms with Crippen molar-refractivity contribution in [3.8, 4) is 0 Å². The van der Waals surface area contributed by atoms with E-state index in [2.05, 4.69) is 57.4 Å². The van der Waals surface area contributed by atoms with Crippen molar-refractivity contribution in [1.82, 2.24) is 19.6 Å². The third-order valence-corrected chi connectivity index (χ3v) is 4.33. The maximum atomic E-state index is 8.29. The zero-order chi connectivity index (χ0) is 19.4. The second kappa shape index (κ2) is 8.17. The van der Waals surface area contributed by atoms with E-state index < -0.39 is 11.6 Å². The van der Waals surface area contributed by atoms with Gasteiger partial charge in [-0.05, 0) is 24.0 Å². The Kier molecular flexibility index (Phi) is 5.70. The van der Waals surface area contributed by atoms with Crippen LogP contribution in [-0.2, 0) is 24.7 Å². The number of anilines is 1. The molecule has 0 atom stereocenters. The minimum atomic E-state index is -0.750. The fraction of sp³-hybridized carbons (Fsp3) is 0.333. The Balaban J connectivity index is 0.000000659. The Hall–Kier alpha value is -2.94. The summed E-state index contributed by atoms with van der Waals surface area (Å²) < 4.78 is 18.4. The van der Waals surface area contributed by atoms with Crippen molar-refractivity contribution in [3.05, 3.63) is 52.5 Å². The van der Waals surface area contributed by atoms with Crippen LogP contribution in [0.3, 0.4) is 0 Å². The predicted molar refractivity (Wildman–Crippen MR) is 104 cm³/mol. The van der Waals surface area contributed by atoms with Gasteiger partial charge in [-0.2, -0.15) is 23.0 Å². The number of aryl methyl sites for hydroxylation is 1. The predicted octanol–water partition coefficient (Wildman–Crippen LogP) is 2.43. The molecule has 3 heterocycles. The maximum Gasteiger partial charge on any atom is 0.335 e. The third-order valence-electron chi connectivity index (χ3n) is 4.33. The summed E-state index contributed by atoms with van der Waals surface area (Å²) in [6.45, 7) is 7.66. The van der Waals surface area contributed by atoms with E-state index in [0.717, 1.165) is 29.5 Å². The zero-order valence-electron chi connectivity index (χ0n) is 15.3. The number of benzene rings is 1. The lowest BCUT2D eigenvalue weighted by Crippen LogP contribution is -2.11. The van der Waals surface area contributed by atoms with E-state index in [1.54, 1.807) is 4.52 Å². The van der Waals surface area contributed by atoms with E-state index >= 15 is 0 Å². The molecule has 1 aliphatic heterocycles. The number of hydrogen-bond acceptors (Lipinski definition) is 7. The molecule has 0 spiro atoms. The topological polar surface area (TPSA) is 102 Å². The van der Waals surface area contributed by atoms with Crippen LogP contribution in [0.15, 0.2) is 29.4 Å². The van der Waals surface area contributed by atoms with E-state index in [9.17, 15) is 0 Å². The maximum absolute atomic E-state index is 8.29. The fourth-order valence-corrected chi connectivity index (χ4v) is 3.06. The van der Waals surface area contributed by atoms with Gasteiger partial charge in [-0.1, -0.05) is 32.0 Å². The average Bonchev–Trinajstić information content (AvgIpc) is 3.27. The lowest BCUT2D eigenvalue weighted by Gasteiger charge is -2.11. The molecule has 140 valence electrons. The van der Waals surface area contributed by atoms with Gasteiger partial charge in [-0.15, -0.1) is 0 Å². The summed E-state index contributed by atoms with van der Waals surface area (Å²) in [6.07, 6.45) is 3.84. The highest BCUT2D eigenvalue weighted by Gasteiger charge is 2.15. The van der Waals surface area contributed by atoms with Crippen LogP contribution in [0.5, 0.6) is 0 Å². The molecule has 1 aromatic carbocycles. The smallest absolute Gasteiger partial charge is 0.335 e. The summed E-state index contributed by atoms with van der Waals surface area (Å²) in [5, 5.41) is 7.88. The van der Waals surface area contributed by atoms with Gasteiger partial charge in [0.15, 0.2) is 5.65 Å². The molecule has 8 nitrogen and oxygen atoms in total. The highest BCUT2D eigenvalue weighted by molar-refractivity contribution is 7.51. The second-order valence-corrected chi connectivity index (χ2v) is 6.60. The molecule has 0 fully saturated rings. The molecular weight excluding hydrogens is 364 g/mol. The van der Waals surface area contributed by atoms with Crippen LogP contribution in [0.1, 0.15) is 47.8 Å². The van der Waals surface area contributed by atoms with Crippen LogP contribution < -0.4 is 5.32 Å². The zero-order valence-corrected chi connectivity index (χ0v) is 16.2. The molecule has 0 radical (unpaired) electrons. The number of rotatable bonds is 4. The summed E-state index contributed by atoms with van der Waals surface area (Å²) in [6, 6.07) is 6.33. The Bertz CT molecular complexity index is 1040. The van der Waals surface area contributed by atoms with Gasteiger partial charge < -0.3 is 5.32 Å². The molecule has 4 rings (SSSR count). The van der Waals surface area contributed by atoms with E-state index in [1.165, 1.54) is 16.7 Å². The molecule has 0 bridgehead atoms. The summed E-state index contributed by atoms with van der Waals surface area (Å²) in [7, 11) is 0. The normalized spacial score (nSPS) is 12.0. The molecular formula is C18H20N6O2S. The van der Waals surface area contributed by atoms with Gasteiger partial charge in [0.1, 0.15) is 5.82 Å². The van der Waals surface area contributed by atoms with Crippen molar-refractivity contribution in [3.63, 3.8) is 0 Å². The molecule has 0 saturated carbocycles. The number of aliphatic imine (C=N–C) groups is 1. The monoisotopic (exact) mass is 384 g/mol. The van der Waals surface area contributed by atoms with Crippen molar-refractivity contribution < 1.29 is 8.42 Å². The lowest BCUT2D eigenvalue weighted by atomic mass is 10.0. The fourth-order valence-electron chi connectivity index (χ4n) is 3.06. The first kappa shape index (κ1) is 18.8. The quantitative estimate of drug-likeness (QED) is 0.741. The van der Waals surface area contributed by atoms with Gasteiger partial charge in [-0.25, -0.2) is 4.98 Å². The number of hydrogen-bond donors (Lipinski definition) is 1. The summed E-state index contributed by atoms with van der Waals surface area (Å²) in [4.78, 5) is 13.4. The van der Waals surface area contributed by atoms with Crippen molar-refractivity contribution >= 4 is 29.4 Å². The molecule has 1 N–H and O–H groups in total. The highest BCUT2D eigenvalue weighted by Crippen LogP contribution is 2.22. The minimum Gasteiger partial charge on any atom is -0.350 e. The third kappa shape index (κ3) is 3.92. The molecule has 0 amide bonds. The van der Waals surface area contributed by atoms with Crippen LogP contribution in [-0.4, -0.2) is 34.2 Å². The lowest BCUT2D eigenvalue weighted by molar-refractivity contribution is 0.630. The minimum absolute atomic E-state index is 0.373. The number of nitrogens with one attached hydrogen (secondary N) is 1. The number of aromatic nitrogens is 4. The van der Waals surface area contributed by atoms with Gasteiger partial charge >= 0.3 is 11.6 Å². The van der Waals surface area contributed by atoms with Gasteiger partial charge in [0.05, 0.1) is 12.7 Å². The van der Waals surface area contributed by atoms with Crippen molar-refractivity contribution in [2.24, 2.45) is 4.99 Å². The van der Waals surface area contributed by atoms with Crippen molar-refractivity contribution in [2.75, 3.05) is 5.32 Å². The van der Waals surface area contributed by atoms with Gasteiger partial charge in [0.2, 0.25) is 5.95 Å². The number of nitrogens with zero attached hydrogens (tertiary/aromatic N) is 5. The Labute approximate surface area is 160 Å². The average molecular weight is 384 g/mol. The Morgan fingerprint density at radius 1 is 1.26 bits per heavy atom. The van der Waals surface area contributed by atoms with E-state index in [-0.39, 0.29) is 0 Å². The Morgan fingerprint density at radius 2 is 2.04 bits per heavy atom. The van der Waals surface area contributed by atoms with Gasteiger partial charge in [0, 0.05) is 23.9 Å². The first-order chi connectivity index (χ1) is 13.0. The largest absolute Gasteiger partial charge is 0.350 e. The highest BCUT2D eigenvalue weighted by atomic mass is 32.1. The summed E-state index contributed by atoms with van der Waals surface area (Å²) in [5.41, 5.74) is 5.72. The SMILES string of the molecule is Cc1nc(NCc2cccc3c2C=NC3)n2ncc(C(C)C)c2n1.O=S=O. The van der Waals surface area contributed by atoms with Crippen LogP contribution in [0, 0.1) is 6.92 Å². The summed E-state index contributed by atoms with van der Waals surface area (Å²) in [5.74, 6) is 1.84. The first-order valence-corrected chi connectivity index (χ1v) is 9.20. The molecule has 27 heavy (non-hydrogen) atoms. The van der Waals surface area contributed by atoms with E-state index in [0.29, 0.717) is 12.5 Å². The first-order valence-electron chi connectivity index (χ1n) is 8.53. The molecule has 0 aliphatic carbocycles. The van der Waals surface area contributed by atoms with E-state index in [1.807, 2.05) is 19.3 Å². The molecule has 1 aliphatic rings. The van der Waals surface area contributed by atoms with Crippen LogP contribution in [0.25, 0.3) is 5.65 Å². The summed E-state index contributed by atoms with van der Waals surface area (Å²) >= 11 is -0.750. The number of fused-ring (bicyclic) bond motifs is 2. The molecule has 3 aromatic rings. The molecule has 2 aromatic heterocycles. The standard InChI is InChI=1S/C18H20N6.O2S/c1-11(2)15-10-21-24-17(15)22-12(3)23-18(24)20-8-14-6-4-5-13-7-19-9-16(13)14;1-3-2/h4-6,9-11H,7-8H2,1-3H3,(H,20,22,23);. The van der Waals surface area contributed by atoms with Crippen LogP contribution in [0.2, 0.25) is 0 Å². The second-order valence-electron chi connectivity index (χ2n) is 6.47. The van der Waals surface area contributed by atoms with Gasteiger partial charge in [0.25, 0.3) is 0 Å². The molecule has 0 unspecified atom stereocenters. The van der Waals surface area contributed by atoms with Crippen LogP contribution in [0.4, 0.5) is 5.95 Å². The Morgan fingerprint density at radius 3 is 2.78 bits per heavy atom. The molecule has 0 saturated heterocycles. The van der Waals surface area contributed by atoms with Gasteiger partial charge in [-0.3, -0.25) is 4.99 Å². The van der Waals surface area contributed by atoms with Crippen molar-refractivity contribution in [1.29, 1.82) is 0 Å². The van der Waals surface area contributed by atoms with Crippen molar-refractivity contribution in [2.45, 2.75) is 39.8 Å².